The number of halogens is 2. The van der Waals surface area contributed by atoms with Crippen LogP contribution in [0.1, 0.15) is 23.6 Å². The number of allylic oxidation sites excluding steroid dienone is 1. The molecule has 0 amide bonds. The van der Waals surface area contributed by atoms with Gasteiger partial charge in [0, 0.05) is 17.2 Å². The molecule has 146 valence electrons. The van der Waals surface area contributed by atoms with Crippen LogP contribution in [-0.4, -0.2) is 19.9 Å². The lowest BCUT2D eigenvalue weighted by atomic mass is 9.82. The van der Waals surface area contributed by atoms with Crippen molar-refractivity contribution in [2.24, 2.45) is 0 Å². The summed E-state index contributed by atoms with van der Waals surface area (Å²) in [6.07, 6.45) is 4.40. The van der Waals surface area contributed by atoms with Crippen molar-refractivity contribution < 1.29 is 13.9 Å². The van der Waals surface area contributed by atoms with Gasteiger partial charge in [0.05, 0.1) is 12.6 Å². The fourth-order valence-corrected chi connectivity index (χ4v) is 3.02. The summed E-state index contributed by atoms with van der Waals surface area (Å²) in [7, 11) is 0. The van der Waals surface area contributed by atoms with Crippen LogP contribution in [0.4, 0.5) is 8.78 Å². The maximum Gasteiger partial charge on any atom is 0.137 e. The normalized spacial score (nSPS) is 13.6. The molecular weight excluding hydrogens is 374 g/mol. The number of rotatable bonds is 6. The molecule has 1 atom stereocenters. The fraction of sp³-hybridized carbons (Fsp3) is 0.136. The smallest absolute Gasteiger partial charge is 0.137 e. The van der Waals surface area contributed by atoms with Crippen molar-refractivity contribution in [3.63, 3.8) is 0 Å². The van der Waals surface area contributed by atoms with Crippen LogP contribution in [0.3, 0.4) is 0 Å². The molecule has 2 aromatic carbocycles. The standard InChI is InChI=1S/C22H18F2N4O/c1-15(11-25)9-17-3-5-18(6-4-17)16(2)22(29,12-28-14-26-13-27-28)20-8-7-19(23)10-21(20)24/h3-10,13-14,29H,2,12H2,1H3/t22-/m1/s1. The first-order valence-electron chi connectivity index (χ1n) is 8.72. The van der Waals surface area contributed by atoms with E-state index in [4.69, 9.17) is 5.26 Å². The number of nitrogens with zero attached hydrogens (tertiary/aromatic N) is 4. The predicted molar refractivity (Wildman–Crippen MR) is 105 cm³/mol. The highest BCUT2D eigenvalue weighted by atomic mass is 19.1. The van der Waals surface area contributed by atoms with Gasteiger partial charge in [0.2, 0.25) is 0 Å². The molecule has 0 bridgehead atoms. The third-order valence-electron chi connectivity index (χ3n) is 4.55. The quantitative estimate of drug-likeness (QED) is 0.642. The van der Waals surface area contributed by atoms with E-state index in [2.05, 4.69) is 16.7 Å². The lowest BCUT2D eigenvalue weighted by molar-refractivity contribution is 0.0726. The third-order valence-corrected chi connectivity index (χ3v) is 4.55. The van der Waals surface area contributed by atoms with Gasteiger partial charge in [0.1, 0.15) is 29.9 Å². The zero-order valence-corrected chi connectivity index (χ0v) is 15.7. The molecule has 0 saturated carbocycles. The molecule has 0 fully saturated rings. The minimum Gasteiger partial charge on any atom is -0.378 e. The Bertz CT molecular complexity index is 1100. The van der Waals surface area contributed by atoms with Gasteiger partial charge in [-0.3, -0.25) is 0 Å². The molecule has 1 N–H and O–H groups in total. The SMILES string of the molecule is C=C(c1ccc(C=C(C)C#N)cc1)[C@](O)(Cn1cncn1)c1ccc(F)cc1F. The van der Waals surface area contributed by atoms with Crippen LogP contribution in [0.5, 0.6) is 0 Å². The second-order valence-electron chi connectivity index (χ2n) is 6.62. The minimum atomic E-state index is -1.90. The zero-order valence-electron chi connectivity index (χ0n) is 15.7. The summed E-state index contributed by atoms with van der Waals surface area (Å²) < 4.78 is 29.3. The second kappa shape index (κ2) is 8.17. The molecule has 0 spiro atoms. The van der Waals surface area contributed by atoms with Crippen molar-refractivity contribution in [2.45, 2.75) is 19.1 Å². The van der Waals surface area contributed by atoms with E-state index in [1.807, 2.05) is 6.07 Å². The van der Waals surface area contributed by atoms with Crippen molar-refractivity contribution in [1.29, 1.82) is 5.26 Å². The van der Waals surface area contributed by atoms with Gasteiger partial charge in [0.25, 0.3) is 0 Å². The summed E-state index contributed by atoms with van der Waals surface area (Å²) in [5, 5.41) is 24.4. The third kappa shape index (κ3) is 4.28. The Balaban J connectivity index is 2.04. The van der Waals surface area contributed by atoms with Crippen LogP contribution in [0.15, 0.2) is 67.3 Å². The molecule has 5 nitrogen and oxygen atoms in total. The van der Waals surface area contributed by atoms with E-state index in [1.54, 1.807) is 37.3 Å². The lowest BCUT2D eigenvalue weighted by Crippen LogP contribution is -2.34. The fourth-order valence-electron chi connectivity index (χ4n) is 3.02. The Morgan fingerprint density at radius 2 is 2.00 bits per heavy atom. The minimum absolute atomic E-state index is 0.122. The molecule has 0 aliphatic rings. The van der Waals surface area contributed by atoms with E-state index < -0.39 is 17.2 Å². The van der Waals surface area contributed by atoms with E-state index >= 15 is 0 Å². The van der Waals surface area contributed by atoms with Crippen LogP contribution >= 0.6 is 0 Å². The number of aromatic nitrogens is 3. The van der Waals surface area contributed by atoms with Crippen molar-refractivity contribution in [3.8, 4) is 6.07 Å². The van der Waals surface area contributed by atoms with Gasteiger partial charge in [-0.1, -0.05) is 30.8 Å². The van der Waals surface area contributed by atoms with Gasteiger partial charge in [0.15, 0.2) is 0 Å². The number of nitriles is 1. The van der Waals surface area contributed by atoms with Crippen molar-refractivity contribution in [2.75, 3.05) is 0 Å². The first-order valence-corrected chi connectivity index (χ1v) is 8.72. The molecule has 7 heteroatoms. The molecule has 1 aromatic heterocycles. The van der Waals surface area contributed by atoms with Crippen LogP contribution in [0, 0.1) is 23.0 Å². The van der Waals surface area contributed by atoms with E-state index in [-0.39, 0.29) is 17.7 Å². The van der Waals surface area contributed by atoms with Crippen LogP contribution < -0.4 is 0 Å². The molecule has 0 radical (unpaired) electrons. The van der Waals surface area contributed by atoms with Gasteiger partial charge in [-0.05, 0) is 41.8 Å². The zero-order chi connectivity index (χ0) is 21.0. The molecule has 29 heavy (non-hydrogen) atoms. The number of hydrogen-bond acceptors (Lipinski definition) is 4. The average molecular weight is 392 g/mol. The Labute approximate surface area is 166 Å². The van der Waals surface area contributed by atoms with Crippen molar-refractivity contribution in [3.05, 3.63) is 95.6 Å². The van der Waals surface area contributed by atoms with E-state index in [0.717, 1.165) is 11.6 Å². The monoisotopic (exact) mass is 392 g/mol. The van der Waals surface area contributed by atoms with Gasteiger partial charge in [-0.15, -0.1) is 0 Å². The summed E-state index contributed by atoms with van der Waals surface area (Å²) in [5.41, 5.74) is 0.102. The topological polar surface area (TPSA) is 74.7 Å². The van der Waals surface area contributed by atoms with Crippen LogP contribution in [0.2, 0.25) is 0 Å². The Morgan fingerprint density at radius 3 is 2.59 bits per heavy atom. The Kier molecular flexibility index (Phi) is 5.66. The highest BCUT2D eigenvalue weighted by Gasteiger charge is 2.37. The molecule has 0 aliphatic carbocycles. The van der Waals surface area contributed by atoms with Gasteiger partial charge >= 0.3 is 0 Å². The highest BCUT2D eigenvalue weighted by molar-refractivity contribution is 5.73. The molecule has 3 aromatic rings. The number of aliphatic hydroxyl groups is 1. The lowest BCUT2D eigenvalue weighted by Gasteiger charge is -2.31. The first-order chi connectivity index (χ1) is 13.8. The number of hydrogen-bond donors (Lipinski definition) is 1. The Morgan fingerprint density at radius 1 is 1.28 bits per heavy atom. The van der Waals surface area contributed by atoms with Gasteiger partial charge in [-0.25, -0.2) is 18.4 Å². The summed E-state index contributed by atoms with van der Waals surface area (Å²) in [4.78, 5) is 3.84. The molecule has 1 heterocycles. The van der Waals surface area contributed by atoms with E-state index in [9.17, 15) is 13.9 Å². The Hall–Kier alpha value is -3.63. The molecule has 0 unspecified atom stereocenters. The summed E-state index contributed by atoms with van der Waals surface area (Å²) in [5.74, 6) is -1.64. The predicted octanol–water partition coefficient (Wildman–Crippen LogP) is 4.08. The first kappa shape index (κ1) is 20.1. The summed E-state index contributed by atoms with van der Waals surface area (Å²) >= 11 is 0. The summed E-state index contributed by atoms with van der Waals surface area (Å²) in [6.45, 7) is 5.52. The molecule has 0 saturated heterocycles. The second-order valence-corrected chi connectivity index (χ2v) is 6.62. The molecule has 3 rings (SSSR count). The van der Waals surface area contributed by atoms with Crippen molar-refractivity contribution >= 4 is 11.6 Å². The maximum atomic E-state index is 14.6. The van der Waals surface area contributed by atoms with Gasteiger partial charge in [-0.2, -0.15) is 10.4 Å². The molecule has 0 aliphatic heterocycles. The van der Waals surface area contributed by atoms with Crippen LogP contribution in [-0.2, 0) is 12.1 Å². The highest BCUT2D eigenvalue weighted by Crippen LogP contribution is 2.38. The van der Waals surface area contributed by atoms with E-state index in [0.29, 0.717) is 17.2 Å². The van der Waals surface area contributed by atoms with Crippen LogP contribution in [0.25, 0.3) is 11.6 Å². The van der Waals surface area contributed by atoms with Crippen molar-refractivity contribution in [1.82, 2.24) is 14.8 Å². The molecular formula is C22H18F2N4O. The van der Waals surface area contributed by atoms with Gasteiger partial charge < -0.3 is 5.11 Å². The number of benzene rings is 2. The maximum absolute atomic E-state index is 14.6. The van der Waals surface area contributed by atoms with E-state index in [1.165, 1.54) is 23.4 Å². The largest absolute Gasteiger partial charge is 0.378 e. The average Bonchev–Trinajstić information content (AvgIpc) is 3.20. The summed E-state index contributed by atoms with van der Waals surface area (Å²) in [6, 6.07) is 12.0.